The molecule has 21 heteroatoms. The Hall–Kier alpha value is -4.22. The second kappa shape index (κ2) is 28.6. The number of carbonyl (C=O) groups excluding carboxylic acids is 1. The number of aliphatic hydroxyl groups is 2. The van der Waals surface area contributed by atoms with Crippen molar-refractivity contribution in [3.8, 4) is 5.75 Å². The number of fused-ring (bicyclic) bond motifs is 4. The van der Waals surface area contributed by atoms with E-state index in [1.165, 1.54) is 24.0 Å². The zero-order valence-corrected chi connectivity index (χ0v) is 47.8. The third-order valence-corrected chi connectivity index (χ3v) is 18.4. The second-order valence-corrected chi connectivity index (χ2v) is 22.6. The van der Waals surface area contributed by atoms with E-state index in [1.807, 2.05) is 56.3 Å². The number of aromatic nitrogens is 4. The number of carbonyl (C=O) groups is 1. The van der Waals surface area contributed by atoms with Crippen molar-refractivity contribution in [1.82, 2.24) is 39.5 Å². The quantitative estimate of drug-likeness (QED) is 0.0445. The Labute approximate surface area is 458 Å². The Balaban J connectivity index is 0.000000191. The van der Waals surface area contributed by atoms with Crippen LogP contribution in [0.15, 0.2) is 73.6 Å². The van der Waals surface area contributed by atoms with Crippen LogP contribution in [0, 0.1) is 25.7 Å². The van der Waals surface area contributed by atoms with Crippen LogP contribution in [-0.2, 0) is 0 Å². The number of para-hydroxylation sites is 1. The number of anilines is 4. The summed E-state index contributed by atoms with van der Waals surface area (Å²) in [6.07, 6.45) is 7.15. The van der Waals surface area contributed by atoms with Gasteiger partial charge in [-0.05, 0) is 136 Å². The van der Waals surface area contributed by atoms with Gasteiger partial charge in [-0.3, -0.25) is 19.6 Å². The van der Waals surface area contributed by atoms with E-state index in [0.29, 0.717) is 50.7 Å². The number of piperidine rings is 3. The summed E-state index contributed by atoms with van der Waals surface area (Å²) >= 11 is 18.1. The number of amides is 1. The molecule has 4 aliphatic rings. The Kier molecular flexibility index (Phi) is 22.8. The number of piperazine rings is 1. The number of methoxy groups -OCH3 is 1. The van der Waals surface area contributed by atoms with Gasteiger partial charge in [0.2, 0.25) is 0 Å². The topological polar surface area (TPSA) is 159 Å². The maximum Gasteiger partial charge on any atom is 0.267 e. The van der Waals surface area contributed by atoms with Gasteiger partial charge in [0.25, 0.3) is 5.91 Å². The van der Waals surface area contributed by atoms with Crippen molar-refractivity contribution in [1.29, 1.82) is 0 Å². The molecule has 2 bridgehead atoms. The Bertz CT molecular complexity index is 2590. The molecular formula is C52H70ClN11O4S5. The van der Waals surface area contributed by atoms with E-state index in [1.54, 1.807) is 41.0 Å². The van der Waals surface area contributed by atoms with E-state index in [0.717, 1.165) is 114 Å². The first-order valence-corrected chi connectivity index (χ1v) is 29.0. The molecule has 9 rings (SSSR count). The maximum absolute atomic E-state index is 12.7. The summed E-state index contributed by atoms with van der Waals surface area (Å²) in [4.78, 5) is 42.2. The van der Waals surface area contributed by atoms with Crippen molar-refractivity contribution in [2.75, 3.05) is 101 Å². The summed E-state index contributed by atoms with van der Waals surface area (Å²) in [6, 6.07) is 15.3. The lowest BCUT2D eigenvalue weighted by atomic mass is 9.73. The molecule has 7 heterocycles. The van der Waals surface area contributed by atoms with E-state index in [2.05, 4.69) is 95.4 Å². The zero-order chi connectivity index (χ0) is 52.6. The standard InChI is InChI=1S/C22H26ClN7O2S.C20H24N2O2.C10H20N2S4/c1-14-4-3-5-16(23)20(14)28-21(32)17-13-24-22(33-17)27-18-12-19(26-15(2)25-18)30-8-6-29(7-9-30)10-11-31;1-3-13-12-22-9-7-14(13)10-19(22)20(23)16-6-8-21-18-5-4-15(24-2)11-17(16)18;1-5-11(6-2)9(13)15-16-10(14)12(7-3)8-4/h3-5,12-13,31H,6-11H2,1-2H3,(H,28,32)(H,24,25,26,27);3-6,8,11,13-14,19-20,23H,1,7,9-10,12H2,2H3;5-8H2,1-4H3/t;13-,14-,19-,20+;/m.0./s1. The SMILES string of the molecule is C=C[C@H]1CN2CC[C@H]1C[C@H]2[C@H](O)c1ccnc2ccc(OC)cc12.CCN(CC)C(=S)SSC(=S)N(CC)CC.Cc1nc(Nc2ncc(C(=O)Nc3c(C)cccc3Cl)s2)cc(N2CCN(CCO)CC2)n1. The van der Waals surface area contributed by atoms with Crippen molar-refractivity contribution in [2.24, 2.45) is 11.8 Å². The number of nitrogens with one attached hydrogen (secondary N) is 2. The molecule has 1 unspecified atom stereocenters. The molecule has 0 saturated carbocycles. The average molecular weight is 1110 g/mol. The number of thiazole rings is 1. The number of hydrogen-bond acceptors (Lipinski definition) is 17. The highest BCUT2D eigenvalue weighted by Crippen LogP contribution is 2.42. The average Bonchev–Trinajstić information content (AvgIpc) is 3.88. The van der Waals surface area contributed by atoms with Gasteiger partial charge in [0.05, 0.1) is 42.2 Å². The molecule has 1 amide bonds. The van der Waals surface area contributed by atoms with E-state index in [4.69, 9.17) is 45.9 Å². The Morgan fingerprint density at radius 1 is 0.986 bits per heavy atom. The highest BCUT2D eigenvalue weighted by atomic mass is 35.5. The van der Waals surface area contributed by atoms with Gasteiger partial charge in [0.1, 0.15) is 36.7 Å². The largest absolute Gasteiger partial charge is 0.497 e. The second-order valence-electron chi connectivity index (χ2n) is 17.8. The fraction of sp³-hybridized carbons (Fsp3) is 0.481. The molecule has 5 aromatic rings. The molecule has 4 N–H and O–H groups in total. The first kappa shape index (κ1) is 58.0. The van der Waals surface area contributed by atoms with Crippen molar-refractivity contribution in [3.63, 3.8) is 0 Å². The van der Waals surface area contributed by atoms with Gasteiger partial charge in [0, 0.05) is 89.1 Å². The molecule has 15 nitrogen and oxygen atoms in total. The molecule has 73 heavy (non-hydrogen) atoms. The number of pyridine rings is 1. The number of hydrogen-bond donors (Lipinski definition) is 4. The fourth-order valence-corrected chi connectivity index (χ4v) is 13.3. The lowest BCUT2D eigenvalue weighted by Gasteiger charge is -2.50. The van der Waals surface area contributed by atoms with Crippen molar-refractivity contribution in [3.05, 3.63) is 100 Å². The predicted octanol–water partition coefficient (Wildman–Crippen LogP) is 10.1. The van der Waals surface area contributed by atoms with Crippen LogP contribution in [0.3, 0.4) is 0 Å². The number of β-amino-alcohol motifs (C(OH)–C–C–N with tert-alkyl or cyclic N) is 1. The minimum Gasteiger partial charge on any atom is -0.497 e. The summed E-state index contributed by atoms with van der Waals surface area (Å²) in [6.45, 7) is 26.4. The van der Waals surface area contributed by atoms with Crippen LogP contribution in [0.2, 0.25) is 5.02 Å². The summed E-state index contributed by atoms with van der Waals surface area (Å²) in [5.74, 6) is 3.86. The van der Waals surface area contributed by atoms with E-state index in [-0.39, 0.29) is 18.6 Å². The lowest BCUT2D eigenvalue weighted by molar-refractivity contribution is -0.0444. The van der Waals surface area contributed by atoms with Crippen molar-refractivity contribution < 1.29 is 19.7 Å². The molecule has 4 aliphatic heterocycles. The molecule has 0 spiro atoms. The summed E-state index contributed by atoms with van der Waals surface area (Å²) in [5.41, 5.74) is 3.33. The number of benzene rings is 2. The number of halogens is 1. The number of ether oxygens (including phenoxy) is 1. The molecule has 5 atom stereocenters. The van der Waals surface area contributed by atoms with Crippen LogP contribution < -0.4 is 20.3 Å². The van der Waals surface area contributed by atoms with Gasteiger partial charge in [-0.25, -0.2) is 15.0 Å². The van der Waals surface area contributed by atoms with Crippen molar-refractivity contribution >= 4 is 117 Å². The van der Waals surface area contributed by atoms with Crippen LogP contribution in [0.25, 0.3) is 10.9 Å². The molecule has 4 saturated heterocycles. The monoisotopic (exact) mass is 1110 g/mol. The first-order chi connectivity index (χ1) is 35.2. The third-order valence-electron chi connectivity index (χ3n) is 13.4. The molecule has 3 aromatic heterocycles. The van der Waals surface area contributed by atoms with E-state index in [9.17, 15) is 9.90 Å². The van der Waals surface area contributed by atoms with Gasteiger partial charge in [-0.2, -0.15) is 0 Å². The summed E-state index contributed by atoms with van der Waals surface area (Å²) in [7, 11) is 4.85. The number of rotatable bonds is 15. The van der Waals surface area contributed by atoms with E-state index >= 15 is 0 Å². The van der Waals surface area contributed by atoms with Gasteiger partial charge in [-0.1, -0.05) is 65.6 Å². The smallest absolute Gasteiger partial charge is 0.267 e. The minimum atomic E-state index is -0.504. The van der Waals surface area contributed by atoms with E-state index < -0.39 is 6.10 Å². The molecule has 0 aliphatic carbocycles. The van der Waals surface area contributed by atoms with Gasteiger partial charge in [-0.15, -0.1) is 6.58 Å². The van der Waals surface area contributed by atoms with Crippen LogP contribution in [0.1, 0.15) is 73.3 Å². The first-order valence-electron chi connectivity index (χ1n) is 24.9. The normalized spacial score (nSPS) is 18.6. The fourth-order valence-electron chi connectivity index (χ4n) is 9.22. The molecule has 0 radical (unpaired) electrons. The number of nitrogens with zero attached hydrogens (tertiary/aromatic N) is 9. The highest BCUT2D eigenvalue weighted by Gasteiger charge is 2.42. The summed E-state index contributed by atoms with van der Waals surface area (Å²) < 4.78 is 7.19. The maximum atomic E-state index is 12.7. The lowest BCUT2D eigenvalue weighted by Crippen LogP contribution is -2.54. The van der Waals surface area contributed by atoms with Crippen LogP contribution >= 0.6 is 69.0 Å². The zero-order valence-electron chi connectivity index (χ0n) is 42.9. The number of aryl methyl sites for hydroxylation is 2. The molecular weight excluding hydrogens is 1040 g/mol. The molecule has 4 fully saturated rings. The van der Waals surface area contributed by atoms with Crippen LogP contribution in [0.5, 0.6) is 5.75 Å². The van der Waals surface area contributed by atoms with Crippen molar-refractivity contribution in [2.45, 2.75) is 66.5 Å². The Morgan fingerprint density at radius 2 is 1.68 bits per heavy atom. The predicted molar refractivity (Wildman–Crippen MR) is 313 cm³/mol. The van der Waals surface area contributed by atoms with Gasteiger partial charge in [0.15, 0.2) is 5.13 Å². The molecule has 394 valence electrons. The van der Waals surface area contributed by atoms with Gasteiger partial charge < -0.3 is 40.3 Å². The highest BCUT2D eigenvalue weighted by molar-refractivity contribution is 8.89. The number of aliphatic hydroxyl groups excluding tert-OH is 2. The van der Waals surface area contributed by atoms with Gasteiger partial charge >= 0.3 is 0 Å². The van der Waals surface area contributed by atoms with Crippen LogP contribution in [0.4, 0.5) is 22.5 Å². The number of thiocarbonyl (C=S) groups is 2. The third kappa shape index (κ3) is 15.7. The summed E-state index contributed by atoms with van der Waals surface area (Å²) in [5, 5.41) is 28.4. The molecule has 2 aromatic carbocycles. The Morgan fingerprint density at radius 3 is 2.29 bits per heavy atom. The van der Waals surface area contributed by atoms with Crippen LogP contribution in [-0.4, -0.2) is 156 Å². The minimum absolute atomic E-state index is 0.173.